The molecule has 2 aromatic rings. The molecule has 12 atom stereocenters. The smallest absolute Gasteiger partial charge is 0.462 e. The van der Waals surface area contributed by atoms with E-state index in [1.165, 1.54) is 0 Å². The van der Waals surface area contributed by atoms with Crippen LogP contribution < -0.4 is 5.73 Å². The van der Waals surface area contributed by atoms with E-state index in [0.717, 1.165) is 38.0 Å². The standard InChI is InChI=1S/C25H36FN5O16P2/c1-10-11(2)21(43-14(5)34)25(45-20(10)16(42-13(4)33)6-40-12(3)32)46-49(38,39)47-48(36,37)41-7-15-17(26)19(35)24(44-15)31-9-30-18-22(27)28-8-29-23(18)31/h8-11,15-17,19-21,24-25,35H,6-7H2,1-5H3,(H,36,37)(H,38,39)(H2,27,28,29)/t10-,11-,15+,16+,17?,19-,20?,21?,24+,25-/m0/s1. The molecule has 0 aromatic carbocycles. The Morgan fingerprint density at radius 1 is 1.04 bits per heavy atom. The van der Waals surface area contributed by atoms with Gasteiger partial charge in [-0.15, -0.1) is 0 Å². The van der Waals surface area contributed by atoms with Gasteiger partial charge in [0.15, 0.2) is 36.1 Å². The Morgan fingerprint density at radius 3 is 2.37 bits per heavy atom. The molecule has 0 amide bonds. The summed E-state index contributed by atoms with van der Waals surface area (Å²) in [5, 5.41) is 10.5. The number of hydrogen-bond donors (Lipinski definition) is 4. The molecule has 49 heavy (non-hydrogen) atoms. The summed E-state index contributed by atoms with van der Waals surface area (Å²) < 4.78 is 82.8. The zero-order chi connectivity index (χ0) is 36.4. The predicted octanol–water partition coefficient (Wildman–Crippen LogP) is 0.679. The molecule has 0 saturated carbocycles. The number of carbonyl (C=O) groups excluding carboxylic acids is 3. The van der Waals surface area contributed by atoms with Gasteiger partial charge in [-0.05, 0) is 5.92 Å². The van der Waals surface area contributed by atoms with Crippen molar-refractivity contribution in [2.75, 3.05) is 18.9 Å². The third-order valence-electron chi connectivity index (χ3n) is 7.66. The number of ether oxygens (including phenoxy) is 5. The van der Waals surface area contributed by atoms with E-state index >= 15 is 4.39 Å². The van der Waals surface area contributed by atoms with Crippen LogP contribution >= 0.6 is 15.6 Å². The molecule has 5 unspecified atom stereocenters. The lowest BCUT2D eigenvalue weighted by molar-refractivity contribution is -0.270. The lowest BCUT2D eigenvalue weighted by Gasteiger charge is -2.45. The highest BCUT2D eigenvalue weighted by molar-refractivity contribution is 7.61. The number of esters is 3. The van der Waals surface area contributed by atoms with Crippen LogP contribution in [0.25, 0.3) is 11.2 Å². The molecule has 5 N–H and O–H groups in total. The number of aliphatic hydroxyl groups excluding tert-OH is 1. The number of aromatic nitrogens is 4. The number of fused-ring (bicyclic) bond motifs is 1. The number of carbonyl (C=O) groups is 3. The summed E-state index contributed by atoms with van der Waals surface area (Å²) in [6.45, 7) is 4.83. The summed E-state index contributed by atoms with van der Waals surface area (Å²) >= 11 is 0. The monoisotopic (exact) mass is 743 g/mol. The van der Waals surface area contributed by atoms with Gasteiger partial charge in [0.25, 0.3) is 0 Å². The molecule has 2 saturated heterocycles. The van der Waals surface area contributed by atoms with Crippen molar-refractivity contribution in [1.82, 2.24) is 19.5 Å². The molecule has 2 aromatic heterocycles. The van der Waals surface area contributed by atoms with Gasteiger partial charge in [0.05, 0.1) is 12.9 Å². The Hall–Kier alpha value is -3.17. The van der Waals surface area contributed by atoms with E-state index < -0.39 is 108 Å². The Morgan fingerprint density at radius 2 is 1.73 bits per heavy atom. The molecule has 0 spiro atoms. The van der Waals surface area contributed by atoms with Crippen molar-refractivity contribution in [1.29, 1.82) is 0 Å². The summed E-state index contributed by atoms with van der Waals surface area (Å²) in [7, 11) is -11.2. The average molecular weight is 744 g/mol. The largest absolute Gasteiger partial charge is 0.483 e. The molecule has 24 heteroatoms. The van der Waals surface area contributed by atoms with Crippen LogP contribution in [0.3, 0.4) is 0 Å². The number of aliphatic hydroxyl groups is 1. The lowest BCUT2D eigenvalue weighted by atomic mass is 9.81. The van der Waals surface area contributed by atoms with E-state index in [0.29, 0.717) is 0 Å². The average Bonchev–Trinajstić information content (AvgIpc) is 3.54. The van der Waals surface area contributed by atoms with E-state index in [1.54, 1.807) is 13.8 Å². The number of rotatable bonds is 13. The molecule has 21 nitrogen and oxygen atoms in total. The maximum atomic E-state index is 15.0. The van der Waals surface area contributed by atoms with Gasteiger partial charge < -0.3 is 44.3 Å². The maximum absolute atomic E-state index is 15.0. The zero-order valence-corrected chi connectivity index (χ0v) is 28.4. The highest BCUT2D eigenvalue weighted by Crippen LogP contribution is 2.62. The number of anilines is 1. The fourth-order valence-electron chi connectivity index (χ4n) is 5.28. The molecule has 0 radical (unpaired) electrons. The molecule has 4 rings (SSSR count). The number of phosphoric ester groups is 2. The second-order valence-electron chi connectivity index (χ2n) is 11.2. The number of nitrogens with zero attached hydrogens (tertiary/aromatic N) is 4. The summed E-state index contributed by atoms with van der Waals surface area (Å²) in [4.78, 5) is 67.6. The van der Waals surface area contributed by atoms with Gasteiger partial charge in [-0.1, -0.05) is 13.8 Å². The highest BCUT2D eigenvalue weighted by atomic mass is 31.3. The van der Waals surface area contributed by atoms with Crippen LogP contribution in [0.1, 0.15) is 40.8 Å². The van der Waals surface area contributed by atoms with Crippen molar-refractivity contribution in [2.45, 2.75) is 83.8 Å². The molecule has 0 bridgehead atoms. The van der Waals surface area contributed by atoms with Crippen LogP contribution in [0.5, 0.6) is 0 Å². The van der Waals surface area contributed by atoms with Gasteiger partial charge in [-0.3, -0.25) is 28.0 Å². The fourth-order valence-corrected chi connectivity index (χ4v) is 7.43. The highest BCUT2D eigenvalue weighted by Gasteiger charge is 2.52. The fraction of sp³-hybridized carbons (Fsp3) is 0.680. The quantitative estimate of drug-likeness (QED) is 0.125. The van der Waals surface area contributed by atoms with E-state index in [9.17, 15) is 38.4 Å². The third kappa shape index (κ3) is 9.34. The minimum absolute atomic E-state index is 0.00504. The SMILES string of the molecule is CC(=O)OC[C@@H](OC(C)=O)C1O[C@@H](OP(=O)(O)OP(=O)(O)OC[C@H]2O[C@@H](n3cnc4c(N)ncnc43)[C@@H](O)C2F)C(OC(C)=O)[C@@H](C)[C@@H]1C. The third-order valence-corrected chi connectivity index (χ3v) is 10.3. The molecular weight excluding hydrogens is 707 g/mol. The number of halogens is 1. The van der Waals surface area contributed by atoms with Crippen LogP contribution in [0.4, 0.5) is 10.2 Å². The molecule has 274 valence electrons. The zero-order valence-electron chi connectivity index (χ0n) is 26.6. The van der Waals surface area contributed by atoms with Crippen molar-refractivity contribution in [3.8, 4) is 0 Å². The van der Waals surface area contributed by atoms with Gasteiger partial charge in [0.1, 0.15) is 36.8 Å². The summed E-state index contributed by atoms with van der Waals surface area (Å²) in [5.41, 5.74) is 5.98. The summed E-state index contributed by atoms with van der Waals surface area (Å²) in [6, 6.07) is 0. The molecule has 0 aliphatic carbocycles. The Labute approximate surface area is 277 Å². The summed E-state index contributed by atoms with van der Waals surface area (Å²) in [5.74, 6) is -3.71. The van der Waals surface area contributed by atoms with E-state index in [1.807, 2.05) is 0 Å². The number of hydrogen-bond acceptors (Lipinski definition) is 18. The van der Waals surface area contributed by atoms with Gasteiger partial charge in [-0.2, -0.15) is 4.31 Å². The van der Waals surface area contributed by atoms with Gasteiger partial charge in [0.2, 0.25) is 6.29 Å². The van der Waals surface area contributed by atoms with Gasteiger partial charge >= 0.3 is 33.6 Å². The number of imidazole rings is 1. The normalized spacial score (nSPS) is 31.7. The van der Waals surface area contributed by atoms with E-state index in [4.69, 9.17) is 38.5 Å². The van der Waals surface area contributed by atoms with Crippen molar-refractivity contribution >= 4 is 50.5 Å². The lowest BCUT2D eigenvalue weighted by Crippen LogP contribution is -2.56. The van der Waals surface area contributed by atoms with Gasteiger partial charge in [-0.25, -0.2) is 28.5 Å². The molecule has 2 aliphatic rings. The minimum atomic E-state index is -5.67. The first-order valence-electron chi connectivity index (χ1n) is 14.5. The second-order valence-corrected chi connectivity index (χ2v) is 14.2. The second kappa shape index (κ2) is 15.4. The molecule has 2 fully saturated rings. The number of nitrogens with two attached hydrogens (primary N) is 1. The Balaban J connectivity index is 1.45. The van der Waals surface area contributed by atoms with Crippen molar-refractivity contribution < 1.29 is 79.8 Å². The maximum Gasteiger partial charge on any atom is 0.483 e. The predicted molar refractivity (Wildman–Crippen MR) is 157 cm³/mol. The first-order valence-corrected chi connectivity index (χ1v) is 17.5. The van der Waals surface area contributed by atoms with Crippen molar-refractivity contribution in [3.05, 3.63) is 12.7 Å². The Kier molecular flexibility index (Phi) is 12.1. The van der Waals surface area contributed by atoms with Crippen LogP contribution in [-0.2, 0) is 60.6 Å². The minimum Gasteiger partial charge on any atom is -0.462 e. The van der Waals surface area contributed by atoms with E-state index in [2.05, 4.69) is 19.3 Å². The van der Waals surface area contributed by atoms with E-state index in [-0.39, 0.29) is 17.0 Å². The number of nitrogen functional groups attached to an aromatic ring is 1. The first-order chi connectivity index (χ1) is 22.8. The van der Waals surface area contributed by atoms with Crippen LogP contribution in [0.15, 0.2) is 12.7 Å². The topological polar surface area (TPSA) is 290 Å². The van der Waals surface area contributed by atoms with Crippen molar-refractivity contribution in [2.24, 2.45) is 11.8 Å². The first kappa shape index (κ1) is 38.6. The molecule has 4 heterocycles. The number of phosphoric acid groups is 2. The van der Waals surface area contributed by atoms with Crippen LogP contribution in [0.2, 0.25) is 0 Å². The molecule has 2 aliphatic heterocycles. The number of alkyl halides is 1. The molecular formula is C25H36FN5O16P2. The van der Waals surface area contributed by atoms with Crippen molar-refractivity contribution in [3.63, 3.8) is 0 Å². The Bertz CT molecular complexity index is 1630. The van der Waals surface area contributed by atoms with Crippen LogP contribution in [0, 0.1) is 11.8 Å². The van der Waals surface area contributed by atoms with Gasteiger partial charge in [0, 0.05) is 26.7 Å². The summed E-state index contributed by atoms with van der Waals surface area (Å²) in [6.07, 6.45) is -10.8. The van der Waals surface area contributed by atoms with Crippen LogP contribution in [-0.4, -0.2) is 109 Å².